The molecule has 1 aromatic carbocycles. The van der Waals surface area contributed by atoms with Crippen LogP contribution in [0.2, 0.25) is 5.02 Å². The lowest BCUT2D eigenvalue weighted by molar-refractivity contribution is -0.138. The molecule has 0 radical (unpaired) electrons. The summed E-state index contributed by atoms with van der Waals surface area (Å²) in [5.74, 6) is -0.794. The first kappa shape index (κ1) is 13.8. The van der Waals surface area contributed by atoms with Gasteiger partial charge in [-0.2, -0.15) is 0 Å². The fourth-order valence-electron chi connectivity index (χ4n) is 2.12. The van der Waals surface area contributed by atoms with Crippen LogP contribution < -0.4 is 4.74 Å². The maximum Gasteiger partial charge on any atom is 0.310 e. The SMILES string of the molecule is COc1c(C)c(C)c(C(C)C(=O)O)c(C)c1Cl. The second kappa shape index (κ2) is 4.96. The molecule has 1 unspecified atom stereocenters. The van der Waals surface area contributed by atoms with Crippen molar-refractivity contribution in [1.82, 2.24) is 0 Å². The Bertz CT molecular complexity index is 437. The average Bonchev–Trinajstić information content (AvgIpc) is 2.27. The summed E-state index contributed by atoms with van der Waals surface area (Å²) in [5.41, 5.74) is 3.38. The van der Waals surface area contributed by atoms with Crippen molar-refractivity contribution in [2.45, 2.75) is 33.6 Å². The number of carboxylic acids is 1. The molecule has 0 bridgehead atoms. The van der Waals surface area contributed by atoms with Crippen molar-refractivity contribution in [3.05, 3.63) is 27.3 Å². The van der Waals surface area contributed by atoms with Crippen LogP contribution in [0.3, 0.4) is 0 Å². The third-order valence-corrected chi connectivity index (χ3v) is 3.70. The van der Waals surface area contributed by atoms with Gasteiger partial charge in [-0.3, -0.25) is 4.79 Å². The summed E-state index contributed by atoms with van der Waals surface area (Å²) in [4.78, 5) is 11.1. The first-order chi connectivity index (χ1) is 7.82. The zero-order chi connectivity index (χ0) is 13.3. The van der Waals surface area contributed by atoms with Gasteiger partial charge in [0.1, 0.15) is 5.75 Å². The number of hydrogen-bond donors (Lipinski definition) is 1. The molecule has 4 heteroatoms. The van der Waals surface area contributed by atoms with E-state index in [0.717, 1.165) is 22.3 Å². The second-order valence-corrected chi connectivity index (χ2v) is 4.57. The van der Waals surface area contributed by atoms with E-state index in [9.17, 15) is 4.79 Å². The summed E-state index contributed by atoms with van der Waals surface area (Å²) in [6.45, 7) is 7.28. The van der Waals surface area contributed by atoms with E-state index in [-0.39, 0.29) is 0 Å². The first-order valence-electron chi connectivity index (χ1n) is 5.38. The summed E-state index contributed by atoms with van der Waals surface area (Å²) in [6, 6.07) is 0. The second-order valence-electron chi connectivity index (χ2n) is 4.20. The molecule has 94 valence electrons. The van der Waals surface area contributed by atoms with Crippen molar-refractivity contribution >= 4 is 17.6 Å². The average molecular weight is 257 g/mol. The summed E-state index contributed by atoms with van der Waals surface area (Å²) in [7, 11) is 1.56. The monoisotopic (exact) mass is 256 g/mol. The summed E-state index contributed by atoms with van der Waals surface area (Å²) in [5, 5.41) is 9.62. The fraction of sp³-hybridized carbons (Fsp3) is 0.462. The quantitative estimate of drug-likeness (QED) is 0.901. The van der Waals surface area contributed by atoms with Crippen LogP contribution in [0.1, 0.15) is 35.1 Å². The van der Waals surface area contributed by atoms with Gasteiger partial charge in [-0.05, 0) is 49.9 Å². The van der Waals surface area contributed by atoms with Gasteiger partial charge in [0.2, 0.25) is 0 Å². The van der Waals surface area contributed by atoms with Crippen LogP contribution in [0.4, 0.5) is 0 Å². The van der Waals surface area contributed by atoms with Crippen molar-refractivity contribution in [3.8, 4) is 5.75 Å². The molecule has 1 N–H and O–H groups in total. The Morgan fingerprint density at radius 1 is 1.24 bits per heavy atom. The predicted molar refractivity (Wildman–Crippen MR) is 68.3 cm³/mol. The molecule has 0 saturated heterocycles. The molecule has 1 aromatic rings. The van der Waals surface area contributed by atoms with Gasteiger partial charge in [0.05, 0.1) is 18.1 Å². The van der Waals surface area contributed by atoms with Crippen LogP contribution >= 0.6 is 11.6 Å². The Morgan fingerprint density at radius 3 is 2.18 bits per heavy atom. The highest BCUT2D eigenvalue weighted by atomic mass is 35.5. The molecule has 0 aromatic heterocycles. The smallest absolute Gasteiger partial charge is 0.310 e. The maximum absolute atomic E-state index is 11.1. The standard InChI is InChI=1S/C13H17ClO3/c1-6-7(2)12(17-5)11(14)8(3)10(6)9(4)13(15)16/h9H,1-5H3,(H,15,16). The normalized spacial score (nSPS) is 12.4. The van der Waals surface area contributed by atoms with E-state index in [0.29, 0.717) is 10.8 Å². The van der Waals surface area contributed by atoms with E-state index < -0.39 is 11.9 Å². The van der Waals surface area contributed by atoms with Gasteiger partial charge in [-0.15, -0.1) is 0 Å². The lowest BCUT2D eigenvalue weighted by Gasteiger charge is -2.20. The topological polar surface area (TPSA) is 46.5 Å². The predicted octanol–water partition coefficient (Wildman–Crippen LogP) is 3.46. The first-order valence-corrected chi connectivity index (χ1v) is 5.76. The van der Waals surface area contributed by atoms with E-state index in [2.05, 4.69) is 0 Å². The Morgan fingerprint density at radius 2 is 1.76 bits per heavy atom. The summed E-state index contributed by atoms with van der Waals surface area (Å²) in [6.07, 6.45) is 0. The van der Waals surface area contributed by atoms with E-state index in [4.69, 9.17) is 21.4 Å². The molecule has 17 heavy (non-hydrogen) atoms. The number of methoxy groups -OCH3 is 1. The summed E-state index contributed by atoms with van der Waals surface area (Å²) >= 11 is 6.21. The molecular formula is C13H17ClO3. The van der Waals surface area contributed by atoms with Crippen molar-refractivity contribution in [2.24, 2.45) is 0 Å². The Labute approximate surface area is 106 Å². The van der Waals surface area contributed by atoms with Crippen molar-refractivity contribution in [3.63, 3.8) is 0 Å². The lowest BCUT2D eigenvalue weighted by Crippen LogP contribution is -2.12. The van der Waals surface area contributed by atoms with Gasteiger partial charge in [-0.1, -0.05) is 11.6 Å². The maximum atomic E-state index is 11.1. The molecule has 0 aliphatic carbocycles. The number of carboxylic acid groups (broad SMARTS) is 1. The largest absolute Gasteiger partial charge is 0.495 e. The number of halogens is 1. The number of aliphatic carboxylic acids is 1. The van der Waals surface area contributed by atoms with E-state index in [1.54, 1.807) is 14.0 Å². The van der Waals surface area contributed by atoms with Gasteiger partial charge < -0.3 is 9.84 Å². The zero-order valence-corrected chi connectivity index (χ0v) is 11.5. The summed E-state index contributed by atoms with van der Waals surface area (Å²) < 4.78 is 5.25. The molecule has 0 aliphatic rings. The lowest BCUT2D eigenvalue weighted by atomic mass is 9.89. The van der Waals surface area contributed by atoms with Crippen LogP contribution in [0, 0.1) is 20.8 Å². The minimum Gasteiger partial charge on any atom is -0.495 e. The molecule has 1 atom stereocenters. The molecular weight excluding hydrogens is 240 g/mol. The van der Waals surface area contributed by atoms with Crippen LogP contribution in [0.25, 0.3) is 0 Å². The van der Waals surface area contributed by atoms with Gasteiger partial charge in [0.15, 0.2) is 0 Å². The fourth-order valence-corrected chi connectivity index (χ4v) is 2.44. The van der Waals surface area contributed by atoms with Gasteiger partial charge in [0, 0.05) is 0 Å². The number of rotatable bonds is 3. The number of hydrogen-bond acceptors (Lipinski definition) is 2. The molecule has 1 rings (SSSR count). The molecule has 0 spiro atoms. The van der Waals surface area contributed by atoms with Crippen LogP contribution in [-0.4, -0.2) is 18.2 Å². The highest BCUT2D eigenvalue weighted by Gasteiger charge is 2.24. The molecule has 3 nitrogen and oxygen atoms in total. The van der Waals surface area contributed by atoms with Gasteiger partial charge in [0.25, 0.3) is 0 Å². The molecule has 0 heterocycles. The number of ether oxygens (including phenoxy) is 1. The van der Waals surface area contributed by atoms with E-state index >= 15 is 0 Å². The molecule has 0 amide bonds. The van der Waals surface area contributed by atoms with Crippen LogP contribution in [0.15, 0.2) is 0 Å². The number of carbonyl (C=O) groups is 1. The minimum absolute atomic E-state index is 0.499. The molecule has 0 fully saturated rings. The Kier molecular flexibility index (Phi) is 4.04. The molecule has 0 aliphatic heterocycles. The third kappa shape index (κ3) is 2.25. The van der Waals surface area contributed by atoms with Gasteiger partial charge >= 0.3 is 5.97 Å². The highest BCUT2D eigenvalue weighted by molar-refractivity contribution is 6.33. The number of benzene rings is 1. The minimum atomic E-state index is -0.850. The third-order valence-electron chi connectivity index (χ3n) is 3.25. The molecule has 0 saturated carbocycles. The van der Waals surface area contributed by atoms with Crippen molar-refractivity contribution < 1.29 is 14.6 Å². The zero-order valence-electron chi connectivity index (χ0n) is 10.7. The van der Waals surface area contributed by atoms with Crippen LogP contribution in [-0.2, 0) is 4.79 Å². The van der Waals surface area contributed by atoms with E-state index in [1.165, 1.54) is 0 Å². The Balaban J connectivity index is 3.59. The van der Waals surface area contributed by atoms with Gasteiger partial charge in [-0.25, -0.2) is 0 Å². The van der Waals surface area contributed by atoms with E-state index in [1.807, 2.05) is 20.8 Å². The highest BCUT2D eigenvalue weighted by Crippen LogP contribution is 2.39. The Hall–Kier alpha value is -1.22. The van der Waals surface area contributed by atoms with Crippen molar-refractivity contribution in [1.29, 1.82) is 0 Å². The van der Waals surface area contributed by atoms with Crippen molar-refractivity contribution in [2.75, 3.05) is 7.11 Å². The van der Waals surface area contributed by atoms with Crippen LogP contribution in [0.5, 0.6) is 5.75 Å².